The van der Waals surface area contributed by atoms with E-state index >= 15 is 0 Å². The number of amides is 2. The van der Waals surface area contributed by atoms with Gasteiger partial charge in [-0.1, -0.05) is 6.07 Å². The van der Waals surface area contributed by atoms with Crippen LogP contribution in [0.5, 0.6) is 5.75 Å². The first kappa shape index (κ1) is 22.2. The van der Waals surface area contributed by atoms with Crippen molar-refractivity contribution in [2.24, 2.45) is 0 Å². The number of hydrogen-bond donors (Lipinski definition) is 0. The molecule has 0 bridgehead atoms. The van der Waals surface area contributed by atoms with E-state index in [0.29, 0.717) is 11.3 Å². The molecule has 2 aromatic carbocycles. The minimum atomic E-state index is -3.74. The summed E-state index contributed by atoms with van der Waals surface area (Å²) in [5.74, 6) is -0.158. The van der Waals surface area contributed by atoms with Crippen molar-refractivity contribution in [3.05, 3.63) is 63.7 Å². The van der Waals surface area contributed by atoms with Gasteiger partial charge in [-0.15, -0.1) is 0 Å². The smallest absolute Gasteiger partial charge is 0.271 e. The number of rotatable bonds is 5. The van der Waals surface area contributed by atoms with Crippen LogP contribution in [0.3, 0.4) is 0 Å². The molecule has 0 radical (unpaired) electrons. The Morgan fingerprint density at radius 1 is 0.968 bits per heavy atom. The number of carbonyl (C=O) groups is 2. The highest BCUT2D eigenvalue weighted by Crippen LogP contribution is 2.23. The number of piperazine rings is 1. The van der Waals surface area contributed by atoms with Crippen LogP contribution in [0.2, 0.25) is 0 Å². The first-order valence-corrected chi connectivity index (χ1v) is 11.2. The Morgan fingerprint density at radius 2 is 1.55 bits per heavy atom. The lowest BCUT2D eigenvalue weighted by atomic mass is 10.1. The number of methoxy groups -OCH3 is 1. The molecule has 0 saturated carbocycles. The first-order chi connectivity index (χ1) is 14.6. The third kappa shape index (κ3) is 5.00. The molecule has 0 spiro atoms. The quantitative estimate of drug-likeness (QED) is 0.503. The Bertz CT molecular complexity index is 1140. The van der Waals surface area contributed by atoms with Crippen molar-refractivity contribution >= 4 is 27.3 Å². The van der Waals surface area contributed by atoms with Crippen LogP contribution < -0.4 is 4.74 Å². The number of ether oxygens (including phenoxy) is 1. The molecule has 10 nitrogen and oxygen atoms in total. The number of nitro groups is 1. The Balaban J connectivity index is 1.75. The van der Waals surface area contributed by atoms with Gasteiger partial charge in [-0.25, -0.2) is 8.42 Å². The third-order valence-corrected chi connectivity index (χ3v) is 6.04. The van der Waals surface area contributed by atoms with Crippen molar-refractivity contribution in [1.82, 2.24) is 9.80 Å². The standard InChI is InChI=1S/C20H21N3O7S/c1-30-17-5-3-4-14(11-17)19(24)21-6-8-22(9-7-21)20(25)15-10-16(23(26)27)13-18(12-15)31(2,28)29/h3-5,10-13H,6-9H2,1-2H3. The van der Waals surface area contributed by atoms with Gasteiger partial charge in [-0.05, 0) is 24.3 Å². The van der Waals surface area contributed by atoms with Gasteiger partial charge in [-0.3, -0.25) is 19.7 Å². The maximum Gasteiger partial charge on any atom is 0.271 e. The van der Waals surface area contributed by atoms with Gasteiger partial charge in [0.15, 0.2) is 9.84 Å². The summed E-state index contributed by atoms with van der Waals surface area (Å²) in [7, 11) is -2.23. The molecule has 3 rings (SSSR count). The van der Waals surface area contributed by atoms with Crippen LogP contribution in [0.4, 0.5) is 5.69 Å². The largest absolute Gasteiger partial charge is 0.497 e. The van der Waals surface area contributed by atoms with Crippen LogP contribution in [0.25, 0.3) is 0 Å². The number of hydrogen-bond acceptors (Lipinski definition) is 7. The van der Waals surface area contributed by atoms with Gasteiger partial charge in [0.2, 0.25) is 0 Å². The highest BCUT2D eigenvalue weighted by molar-refractivity contribution is 7.90. The van der Waals surface area contributed by atoms with Gasteiger partial charge >= 0.3 is 0 Å². The Kier molecular flexibility index (Phi) is 6.25. The van der Waals surface area contributed by atoms with Crippen LogP contribution in [-0.2, 0) is 9.84 Å². The zero-order valence-corrected chi connectivity index (χ0v) is 17.8. The molecule has 1 fully saturated rings. The van der Waals surface area contributed by atoms with E-state index in [1.807, 2.05) is 0 Å². The maximum atomic E-state index is 12.9. The molecule has 31 heavy (non-hydrogen) atoms. The highest BCUT2D eigenvalue weighted by Gasteiger charge is 2.27. The van der Waals surface area contributed by atoms with E-state index < -0.39 is 26.4 Å². The fraction of sp³-hybridized carbons (Fsp3) is 0.300. The van der Waals surface area contributed by atoms with Crippen LogP contribution in [-0.4, -0.2) is 74.5 Å². The zero-order chi connectivity index (χ0) is 22.8. The van der Waals surface area contributed by atoms with Crippen molar-refractivity contribution < 1.29 is 27.7 Å². The Labute approximate surface area is 179 Å². The maximum absolute atomic E-state index is 12.9. The molecule has 1 heterocycles. The third-order valence-electron chi connectivity index (χ3n) is 4.95. The summed E-state index contributed by atoms with van der Waals surface area (Å²) < 4.78 is 28.8. The molecule has 0 atom stereocenters. The van der Waals surface area contributed by atoms with E-state index in [0.717, 1.165) is 24.5 Å². The second-order valence-corrected chi connectivity index (χ2v) is 9.08. The van der Waals surface area contributed by atoms with Crippen molar-refractivity contribution in [3.63, 3.8) is 0 Å². The summed E-state index contributed by atoms with van der Waals surface area (Å²) in [6.07, 6.45) is 0.920. The van der Waals surface area contributed by atoms with Gasteiger partial charge in [-0.2, -0.15) is 0 Å². The number of nitrogens with zero attached hydrogens (tertiary/aromatic N) is 3. The second kappa shape index (κ2) is 8.72. The average Bonchev–Trinajstić information content (AvgIpc) is 2.77. The van der Waals surface area contributed by atoms with Crippen LogP contribution >= 0.6 is 0 Å². The van der Waals surface area contributed by atoms with Crippen LogP contribution in [0.1, 0.15) is 20.7 Å². The molecule has 164 valence electrons. The van der Waals surface area contributed by atoms with Crippen molar-refractivity contribution in [1.29, 1.82) is 0 Å². The predicted molar refractivity (Wildman–Crippen MR) is 111 cm³/mol. The Hall–Kier alpha value is -3.47. The molecule has 1 saturated heterocycles. The van der Waals surface area contributed by atoms with Gasteiger partial charge in [0.05, 0.1) is 16.9 Å². The predicted octanol–water partition coefficient (Wildman–Crippen LogP) is 1.61. The number of benzene rings is 2. The van der Waals surface area contributed by atoms with Gasteiger partial charge in [0.25, 0.3) is 17.5 Å². The van der Waals surface area contributed by atoms with Gasteiger partial charge in [0, 0.05) is 55.7 Å². The monoisotopic (exact) mass is 447 g/mol. The van der Waals surface area contributed by atoms with Gasteiger partial charge in [0.1, 0.15) is 5.75 Å². The van der Waals surface area contributed by atoms with E-state index in [9.17, 15) is 28.1 Å². The number of non-ortho nitro benzene ring substituents is 1. The van der Waals surface area contributed by atoms with E-state index in [1.165, 1.54) is 12.0 Å². The summed E-state index contributed by atoms with van der Waals surface area (Å²) in [6.45, 7) is 0.974. The molecular formula is C20H21N3O7S. The highest BCUT2D eigenvalue weighted by atomic mass is 32.2. The number of carbonyl (C=O) groups excluding carboxylic acids is 2. The molecule has 1 aliphatic heterocycles. The lowest BCUT2D eigenvalue weighted by molar-refractivity contribution is -0.385. The number of sulfone groups is 1. The lowest BCUT2D eigenvalue weighted by Crippen LogP contribution is -2.50. The average molecular weight is 447 g/mol. The molecule has 0 N–H and O–H groups in total. The van der Waals surface area contributed by atoms with Gasteiger partial charge < -0.3 is 14.5 Å². The fourth-order valence-electron chi connectivity index (χ4n) is 3.26. The normalized spacial score (nSPS) is 14.3. The van der Waals surface area contributed by atoms with E-state index in [-0.39, 0.29) is 42.5 Å². The van der Waals surface area contributed by atoms with Crippen molar-refractivity contribution in [2.45, 2.75) is 4.90 Å². The molecular weight excluding hydrogens is 426 g/mol. The molecule has 11 heteroatoms. The van der Waals surface area contributed by atoms with Crippen molar-refractivity contribution in [2.75, 3.05) is 39.5 Å². The fourth-order valence-corrected chi connectivity index (χ4v) is 3.94. The topological polar surface area (TPSA) is 127 Å². The van der Waals surface area contributed by atoms with Crippen molar-refractivity contribution in [3.8, 4) is 5.75 Å². The lowest BCUT2D eigenvalue weighted by Gasteiger charge is -2.35. The van der Waals surface area contributed by atoms with E-state index in [1.54, 1.807) is 29.2 Å². The first-order valence-electron chi connectivity index (χ1n) is 9.32. The SMILES string of the molecule is COc1cccc(C(=O)N2CCN(C(=O)c3cc([N+](=O)[O-])cc(S(C)(=O)=O)c3)CC2)c1. The van der Waals surface area contributed by atoms with E-state index in [2.05, 4.69) is 0 Å². The summed E-state index contributed by atoms with van der Waals surface area (Å²) >= 11 is 0. The van der Waals surface area contributed by atoms with Crippen LogP contribution in [0.15, 0.2) is 47.4 Å². The molecule has 2 aromatic rings. The molecule has 2 amide bonds. The summed E-state index contributed by atoms with van der Waals surface area (Å²) in [6, 6.07) is 9.89. The minimum Gasteiger partial charge on any atom is -0.497 e. The molecule has 1 aliphatic rings. The Morgan fingerprint density at radius 3 is 2.06 bits per heavy atom. The molecule has 0 aliphatic carbocycles. The summed E-state index contributed by atoms with van der Waals surface area (Å²) in [5.41, 5.74) is -0.0871. The summed E-state index contributed by atoms with van der Waals surface area (Å²) in [4.78, 5) is 38.8. The molecule has 0 unspecified atom stereocenters. The van der Waals surface area contributed by atoms with E-state index in [4.69, 9.17) is 4.74 Å². The van der Waals surface area contributed by atoms with Crippen LogP contribution in [0, 0.1) is 10.1 Å². The zero-order valence-electron chi connectivity index (χ0n) is 17.0. The minimum absolute atomic E-state index is 0.0813. The summed E-state index contributed by atoms with van der Waals surface area (Å²) in [5, 5.41) is 11.2. The number of nitro benzene ring substituents is 1. The second-order valence-electron chi connectivity index (χ2n) is 7.06. The molecule has 0 aromatic heterocycles.